The summed E-state index contributed by atoms with van der Waals surface area (Å²) in [6.45, 7) is 5.81. The second-order valence-corrected chi connectivity index (χ2v) is 12.9. The third-order valence-electron chi connectivity index (χ3n) is 8.93. The molecule has 4 saturated carbocycles. The highest BCUT2D eigenvalue weighted by atomic mass is 35.5. The number of halogens is 1. The van der Waals surface area contributed by atoms with E-state index < -0.39 is 0 Å². The van der Waals surface area contributed by atoms with Gasteiger partial charge < -0.3 is 10.2 Å². The van der Waals surface area contributed by atoms with Crippen molar-refractivity contribution in [1.82, 2.24) is 14.9 Å². The van der Waals surface area contributed by atoms with Crippen LogP contribution < -0.4 is 5.32 Å². The first-order valence-corrected chi connectivity index (χ1v) is 13.2. The van der Waals surface area contributed by atoms with E-state index in [-0.39, 0.29) is 17.2 Å². The zero-order valence-electron chi connectivity index (χ0n) is 20.6. The largest absolute Gasteiger partial charge is 0.332 e. The number of fused-ring (bicyclic) bond motifs is 1. The zero-order valence-corrected chi connectivity index (χ0v) is 21.3. The van der Waals surface area contributed by atoms with Crippen LogP contribution in [0.15, 0.2) is 30.6 Å². The monoisotopic (exact) mass is 492 g/mol. The van der Waals surface area contributed by atoms with Crippen molar-refractivity contribution in [2.75, 3.05) is 11.9 Å². The Bertz CT molecular complexity index is 1200. The van der Waals surface area contributed by atoms with Gasteiger partial charge in [-0.25, -0.2) is 9.97 Å². The fourth-order valence-electron chi connectivity index (χ4n) is 8.84. The van der Waals surface area contributed by atoms with E-state index in [4.69, 9.17) is 11.6 Å². The van der Waals surface area contributed by atoms with Gasteiger partial charge in [0.2, 0.25) is 5.91 Å². The maximum absolute atomic E-state index is 13.3. The standard InChI is InChI=1S/C28H33ClN4O2/c1-26-9-18-10-27(2,14-26)16-28(11-18,15-26)12-23(34)32-24-20-7-8-33(13-22(20)30-17-31-24)25(35)19-5-3-4-6-21(19)29/h3-6,17-18H,7-16H2,1-2H3,(H,30,31,32,34). The number of carbonyl (C=O) groups excluding carboxylic acids is 2. The molecule has 0 radical (unpaired) electrons. The summed E-state index contributed by atoms with van der Waals surface area (Å²) in [5.74, 6) is 1.33. The smallest absolute Gasteiger partial charge is 0.255 e. The first-order valence-electron chi connectivity index (χ1n) is 12.8. The summed E-state index contributed by atoms with van der Waals surface area (Å²) >= 11 is 6.25. The average Bonchev–Trinajstić information content (AvgIpc) is 2.76. The van der Waals surface area contributed by atoms with E-state index in [1.54, 1.807) is 17.0 Å². The molecule has 1 aromatic carbocycles. The van der Waals surface area contributed by atoms with Gasteiger partial charge in [-0.1, -0.05) is 37.6 Å². The van der Waals surface area contributed by atoms with Gasteiger partial charge in [0, 0.05) is 18.5 Å². The third kappa shape index (κ3) is 4.14. The number of rotatable bonds is 4. The van der Waals surface area contributed by atoms with E-state index in [0.717, 1.165) is 17.2 Å². The summed E-state index contributed by atoms with van der Waals surface area (Å²) in [6.07, 6.45) is 10.2. The molecule has 1 aromatic heterocycles. The maximum Gasteiger partial charge on any atom is 0.255 e. The molecule has 2 aromatic rings. The van der Waals surface area contributed by atoms with E-state index in [1.165, 1.54) is 44.9 Å². The molecule has 35 heavy (non-hydrogen) atoms. The third-order valence-corrected chi connectivity index (χ3v) is 9.26. The first-order chi connectivity index (χ1) is 16.6. The van der Waals surface area contributed by atoms with Gasteiger partial charge in [0.15, 0.2) is 0 Å². The Morgan fingerprint density at radius 2 is 1.83 bits per heavy atom. The van der Waals surface area contributed by atoms with Gasteiger partial charge in [0.1, 0.15) is 12.1 Å². The predicted molar refractivity (Wildman–Crippen MR) is 135 cm³/mol. The van der Waals surface area contributed by atoms with Crippen molar-refractivity contribution in [3.63, 3.8) is 0 Å². The molecule has 2 atom stereocenters. The lowest BCUT2D eigenvalue weighted by molar-refractivity contribution is -0.153. The number of nitrogens with one attached hydrogen (secondary N) is 1. The second-order valence-electron chi connectivity index (χ2n) is 12.5. The lowest BCUT2D eigenvalue weighted by Gasteiger charge is -2.65. The summed E-state index contributed by atoms with van der Waals surface area (Å²) in [7, 11) is 0. The fourth-order valence-corrected chi connectivity index (χ4v) is 9.06. The Morgan fingerprint density at radius 3 is 2.54 bits per heavy atom. The van der Waals surface area contributed by atoms with Crippen LogP contribution in [-0.4, -0.2) is 33.2 Å². The van der Waals surface area contributed by atoms with Crippen LogP contribution in [-0.2, 0) is 17.8 Å². The fraction of sp³-hybridized carbons (Fsp3) is 0.571. The number of nitrogens with zero attached hydrogens (tertiary/aromatic N) is 3. The minimum atomic E-state index is -0.103. The molecular weight excluding hydrogens is 460 g/mol. The van der Waals surface area contributed by atoms with E-state index in [0.29, 0.717) is 53.2 Å². The zero-order chi connectivity index (χ0) is 24.4. The lowest BCUT2D eigenvalue weighted by atomic mass is 9.40. The topological polar surface area (TPSA) is 75.2 Å². The molecule has 5 aliphatic rings. The first kappa shape index (κ1) is 23.0. The van der Waals surface area contributed by atoms with Crippen molar-refractivity contribution < 1.29 is 9.59 Å². The van der Waals surface area contributed by atoms with Crippen LogP contribution in [0.1, 0.15) is 80.4 Å². The second kappa shape index (κ2) is 8.02. The normalized spacial score (nSPS) is 32.9. The Labute approximate surface area is 211 Å². The molecule has 4 aliphatic carbocycles. The summed E-state index contributed by atoms with van der Waals surface area (Å²) in [4.78, 5) is 37.0. The molecule has 2 unspecified atom stereocenters. The van der Waals surface area contributed by atoms with Crippen LogP contribution in [0.5, 0.6) is 0 Å². The molecule has 0 saturated heterocycles. The highest BCUT2D eigenvalue weighted by Gasteiger charge is 2.60. The molecule has 6 nitrogen and oxygen atoms in total. The number of anilines is 1. The molecule has 7 heteroatoms. The Kier molecular flexibility index (Phi) is 5.26. The quantitative estimate of drug-likeness (QED) is 0.598. The van der Waals surface area contributed by atoms with Crippen molar-refractivity contribution in [2.24, 2.45) is 22.2 Å². The van der Waals surface area contributed by atoms with Gasteiger partial charge in [0.25, 0.3) is 5.91 Å². The Balaban J connectivity index is 1.17. The van der Waals surface area contributed by atoms with Gasteiger partial charge in [-0.3, -0.25) is 9.59 Å². The molecule has 2 heterocycles. The lowest BCUT2D eigenvalue weighted by Crippen LogP contribution is -2.55. The summed E-state index contributed by atoms with van der Waals surface area (Å²) in [6, 6.07) is 7.11. The van der Waals surface area contributed by atoms with Crippen molar-refractivity contribution >= 4 is 29.2 Å². The molecular formula is C28H33ClN4O2. The number of hydrogen-bond acceptors (Lipinski definition) is 4. The minimum absolute atomic E-state index is 0.0645. The van der Waals surface area contributed by atoms with Gasteiger partial charge in [0.05, 0.1) is 22.8 Å². The number of carbonyl (C=O) groups is 2. The molecule has 0 spiro atoms. The number of amides is 2. The number of aromatic nitrogens is 2. The van der Waals surface area contributed by atoms with E-state index in [2.05, 4.69) is 29.1 Å². The molecule has 1 N–H and O–H groups in total. The Hall–Kier alpha value is -2.47. The highest BCUT2D eigenvalue weighted by molar-refractivity contribution is 6.33. The van der Waals surface area contributed by atoms with Gasteiger partial charge in [-0.05, 0) is 79.2 Å². The van der Waals surface area contributed by atoms with Crippen molar-refractivity contribution in [1.29, 1.82) is 0 Å². The summed E-state index contributed by atoms with van der Waals surface area (Å²) in [5.41, 5.74) is 3.13. The summed E-state index contributed by atoms with van der Waals surface area (Å²) in [5, 5.41) is 3.59. The van der Waals surface area contributed by atoms with Gasteiger partial charge in [-0.15, -0.1) is 0 Å². The van der Waals surface area contributed by atoms with E-state index in [1.807, 2.05) is 12.1 Å². The van der Waals surface area contributed by atoms with Crippen LogP contribution in [0.4, 0.5) is 5.82 Å². The number of benzene rings is 1. The van der Waals surface area contributed by atoms with Crippen molar-refractivity contribution in [2.45, 2.75) is 71.8 Å². The highest BCUT2D eigenvalue weighted by Crippen LogP contribution is 2.70. The maximum atomic E-state index is 13.3. The van der Waals surface area contributed by atoms with Crippen LogP contribution in [0.2, 0.25) is 5.02 Å². The SMILES string of the molecule is CC12CC3CC(C)(C1)CC(CC(=O)Nc1ncnc4c1CCN(C(=O)c1ccccc1Cl)C4)(C3)C2. The van der Waals surface area contributed by atoms with Crippen LogP contribution >= 0.6 is 11.6 Å². The Morgan fingerprint density at radius 1 is 1.09 bits per heavy atom. The predicted octanol–water partition coefficient (Wildman–Crippen LogP) is 5.65. The number of hydrogen-bond donors (Lipinski definition) is 1. The molecule has 184 valence electrons. The van der Waals surface area contributed by atoms with Gasteiger partial charge >= 0.3 is 0 Å². The summed E-state index contributed by atoms with van der Waals surface area (Å²) < 4.78 is 0. The average molecular weight is 493 g/mol. The van der Waals surface area contributed by atoms with Crippen LogP contribution in [0.25, 0.3) is 0 Å². The van der Waals surface area contributed by atoms with E-state index in [9.17, 15) is 9.59 Å². The molecule has 4 fully saturated rings. The molecule has 4 bridgehead atoms. The molecule has 2 amide bonds. The van der Waals surface area contributed by atoms with Crippen LogP contribution in [0.3, 0.4) is 0 Å². The van der Waals surface area contributed by atoms with E-state index >= 15 is 0 Å². The molecule has 7 rings (SSSR count). The molecule has 1 aliphatic heterocycles. The van der Waals surface area contributed by atoms with Gasteiger partial charge in [-0.2, -0.15) is 0 Å². The van der Waals surface area contributed by atoms with Crippen molar-refractivity contribution in [3.05, 3.63) is 52.4 Å². The minimum Gasteiger partial charge on any atom is -0.332 e. The van der Waals surface area contributed by atoms with Crippen molar-refractivity contribution in [3.8, 4) is 0 Å². The van der Waals surface area contributed by atoms with Crippen LogP contribution in [0, 0.1) is 22.2 Å².